The Morgan fingerprint density at radius 2 is 2.14 bits per heavy atom. The molecule has 1 aromatic rings. The Kier molecular flexibility index (Phi) is 2.00. The van der Waals surface area contributed by atoms with Crippen molar-refractivity contribution in [1.82, 2.24) is 4.98 Å². The third-order valence-electron chi connectivity index (χ3n) is 3.24. The van der Waals surface area contributed by atoms with Gasteiger partial charge in [0.05, 0.1) is 7.11 Å². The topological polar surface area (TPSA) is 48.1 Å². The Balaban J connectivity index is 2.34. The van der Waals surface area contributed by atoms with Crippen LogP contribution < -0.4 is 10.5 Å². The lowest BCUT2D eigenvalue weighted by atomic mass is 10.0. The van der Waals surface area contributed by atoms with Gasteiger partial charge < -0.3 is 10.5 Å². The summed E-state index contributed by atoms with van der Waals surface area (Å²) in [6, 6.07) is 4.20. The summed E-state index contributed by atoms with van der Waals surface area (Å²) in [4.78, 5) is 4.18. The minimum Gasteiger partial charge on any atom is -0.481 e. The van der Waals surface area contributed by atoms with E-state index < -0.39 is 0 Å². The molecular weight excluding hydrogens is 176 g/mol. The Bertz CT molecular complexity index is 349. The number of pyridine rings is 1. The van der Waals surface area contributed by atoms with E-state index in [1.807, 2.05) is 12.1 Å². The number of methoxy groups -OCH3 is 1. The molecule has 0 aliphatic heterocycles. The molecule has 2 unspecified atom stereocenters. The van der Waals surface area contributed by atoms with Crippen LogP contribution in [0.5, 0.6) is 5.88 Å². The van der Waals surface area contributed by atoms with E-state index in [-0.39, 0.29) is 11.5 Å². The van der Waals surface area contributed by atoms with Gasteiger partial charge in [-0.2, -0.15) is 0 Å². The lowest BCUT2D eigenvalue weighted by Gasteiger charge is -2.07. The molecule has 3 nitrogen and oxygen atoms in total. The molecule has 1 aliphatic carbocycles. The van der Waals surface area contributed by atoms with Gasteiger partial charge in [0.25, 0.3) is 0 Å². The average molecular weight is 192 g/mol. The van der Waals surface area contributed by atoms with Crippen LogP contribution in [0.4, 0.5) is 0 Å². The van der Waals surface area contributed by atoms with Crippen LogP contribution >= 0.6 is 0 Å². The molecule has 1 aliphatic rings. The van der Waals surface area contributed by atoms with Crippen LogP contribution in [0.15, 0.2) is 18.3 Å². The summed E-state index contributed by atoms with van der Waals surface area (Å²) in [6.45, 7) is 4.35. The molecule has 0 aromatic carbocycles. The number of rotatable bonds is 2. The molecule has 0 bridgehead atoms. The van der Waals surface area contributed by atoms with E-state index >= 15 is 0 Å². The molecule has 1 heterocycles. The van der Waals surface area contributed by atoms with Gasteiger partial charge in [-0.3, -0.25) is 0 Å². The van der Waals surface area contributed by atoms with Crippen molar-refractivity contribution < 1.29 is 4.74 Å². The zero-order valence-electron chi connectivity index (χ0n) is 8.82. The summed E-state index contributed by atoms with van der Waals surface area (Å²) in [7, 11) is 1.65. The number of aromatic nitrogens is 1. The van der Waals surface area contributed by atoms with Crippen LogP contribution in [0, 0.1) is 5.41 Å². The largest absolute Gasteiger partial charge is 0.481 e. The van der Waals surface area contributed by atoms with Crippen molar-refractivity contribution in [3.8, 4) is 5.88 Å². The number of hydrogen-bond acceptors (Lipinski definition) is 3. The van der Waals surface area contributed by atoms with Crippen molar-refractivity contribution in [3.05, 3.63) is 23.9 Å². The van der Waals surface area contributed by atoms with Gasteiger partial charge in [0, 0.05) is 23.7 Å². The maximum Gasteiger partial charge on any atom is 0.216 e. The predicted octanol–water partition coefficient (Wildman–Crippen LogP) is 1.54. The minimum atomic E-state index is 0.177. The molecule has 1 saturated carbocycles. The second-order valence-corrected chi connectivity index (χ2v) is 4.43. The molecule has 0 radical (unpaired) electrons. The maximum absolute atomic E-state index is 6.02. The molecule has 76 valence electrons. The Hall–Kier alpha value is -1.09. The fraction of sp³-hybridized carbons (Fsp3) is 0.545. The predicted molar refractivity (Wildman–Crippen MR) is 55.3 cm³/mol. The molecule has 1 fully saturated rings. The lowest BCUT2D eigenvalue weighted by Crippen LogP contribution is -2.06. The van der Waals surface area contributed by atoms with Crippen LogP contribution in [0.3, 0.4) is 0 Å². The van der Waals surface area contributed by atoms with Crippen LogP contribution in [0.1, 0.15) is 25.3 Å². The molecule has 2 atom stereocenters. The molecule has 2 N–H and O–H groups in total. The van der Waals surface area contributed by atoms with E-state index in [2.05, 4.69) is 18.8 Å². The highest BCUT2D eigenvalue weighted by molar-refractivity contribution is 5.39. The molecule has 0 spiro atoms. The fourth-order valence-electron chi connectivity index (χ4n) is 2.08. The van der Waals surface area contributed by atoms with E-state index in [1.54, 1.807) is 13.3 Å². The van der Waals surface area contributed by atoms with E-state index in [0.717, 1.165) is 5.56 Å². The normalized spacial score (nSPS) is 28.6. The monoisotopic (exact) mass is 192 g/mol. The van der Waals surface area contributed by atoms with E-state index in [0.29, 0.717) is 11.8 Å². The summed E-state index contributed by atoms with van der Waals surface area (Å²) in [5.41, 5.74) is 7.33. The summed E-state index contributed by atoms with van der Waals surface area (Å²) < 4.78 is 5.22. The van der Waals surface area contributed by atoms with Crippen LogP contribution in [-0.4, -0.2) is 18.1 Å². The zero-order valence-corrected chi connectivity index (χ0v) is 8.82. The summed E-state index contributed by atoms with van der Waals surface area (Å²) in [5.74, 6) is 1.09. The number of ether oxygens (including phenoxy) is 1. The molecule has 0 amide bonds. The highest BCUT2D eigenvalue weighted by atomic mass is 16.5. The number of nitrogens with zero attached hydrogens (tertiary/aromatic N) is 1. The third kappa shape index (κ3) is 1.20. The molecule has 1 aromatic heterocycles. The first-order valence-corrected chi connectivity index (χ1v) is 4.83. The number of hydrogen-bond donors (Lipinski definition) is 1. The van der Waals surface area contributed by atoms with Crippen molar-refractivity contribution in [2.45, 2.75) is 25.8 Å². The Morgan fingerprint density at radius 1 is 1.50 bits per heavy atom. The van der Waals surface area contributed by atoms with E-state index in [9.17, 15) is 0 Å². The first-order chi connectivity index (χ1) is 6.59. The van der Waals surface area contributed by atoms with Crippen molar-refractivity contribution in [2.24, 2.45) is 11.1 Å². The fourth-order valence-corrected chi connectivity index (χ4v) is 2.08. The highest BCUT2D eigenvalue weighted by Gasteiger charge is 2.57. The van der Waals surface area contributed by atoms with Gasteiger partial charge in [-0.25, -0.2) is 4.98 Å². The Morgan fingerprint density at radius 3 is 2.64 bits per heavy atom. The van der Waals surface area contributed by atoms with Crippen LogP contribution in [-0.2, 0) is 0 Å². The lowest BCUT2D eigenvalue weighted by molar-refractivity contribution is 0.390. The van der Waals surface area contributed by atoms with Crippen LogP contribution in [0.25, 0.3) is 0 Å². The van der Waals surface area contributed by atoms with Crippen molar-refractivity contribution in [2.75, 3.05) is 7.11 Å². The summed E-state index contributed by atoms with van der Waals surface area (Å²) in [6.07, 6.45) is 1.74. The van der Waals surface area contributed by atoms with E-state index in [4.69, 9.17) is 10.5 Å². The minimum absolute atomic E-state index is 0.177. The average Bonchev–Trinajstić information content (AvgIpc) is 2.66. The summed E-state index contributed by atoms with van der Waals surface area (Å²) >= 11 is 0. The van der Waals surface area contributed by atoms with Crippen molar-refractivity contribution in [1.29, 1.82) is 0 Å². The molecule has 2 rings (SSSR count). The van der Waals surface area contributed by atoms with Gasteiger partial charge in [0.2, 0.25) is 5.88 Å². The third-order valence-corrected chi connectivity index (χ3v) is 3.24. The zero-order chi connectivity index (χ0) is 10.3. The van der Waals surface area contributed by atoms with Gasteiger partial charge in [0.15, 0.2) is 0 Å². The van der Waals surface area contributed by atoms with Gasteiger partial charge in [-0.05, 0) is 11.5 Å². The quantitative estimate of drug-likeness (QED) is 0.773. The second-order valence-electron chi connectivity index (χ2n) is 4.43. The van der Waals surface area contributed by atoms with Gasteiger partial charge in [-0.1, -0.05) is 19.9 Å². The Labute approximate surface area is 84.3 Å². The first-order valence-electron chi connectivity index (χ1n) is 4.83. The SMILES string of the molecule is COc1ncccc1C1C(N)C1(C)C. The maximum atomic E-state index is 6.02. The standard InChI is InChI=1S/C11H16N2O/c1-11(2)8(9(11)12)7-5-4-6-13-10(7)14-3/h4-6,8-9H,12H2,1-3H3. The van der Waals surface area contributed by atoms with E-state index in [1.165, 1.54) is 0 Å². The molecule has 0 saturated heterocycles. The molecule has 14 heavy (non-hydrogen) atoms. The first kappa shape index (κ1) is 9.46. The summed E-state index contributed by atoms with van der Waals surface area (Å²) in [5, 5.41) is 0. The van der Waals surface area contributed by atoms with Crippen LogP contribution in [0.2, 0.25) is 0 Å². The highest BCUT2D eigenvalue weighted by Crippen LogP contribution is 2.58. The van der Waals surface area contributed by atoms with Gasteiger partial charge in [-0.15, -0.1) is 0 Å². The van der Waals surface area contributed by atoms with Crippen molar-refractivity contribution >= 4 is 0 Å². The van der Waals surface area contributed by atoms with Gasteiger partial charge >= 0.3 is 0 Å². The number of nitrogens with two attached hydrogens (primary N) is 1. The molecular formula is C11H16N2O. The second kappa shape index (κ2) is 2.95. The van der Waals surface area contributed by atoms with Gasteiger partial charge in [0.1, 0.15) is 0 Å². The smallest absolute Gasteiger partial charge is 0.216 e. The van der Waals surface area contributed by atoms with Crippen molar-refractivity contribution in [3.63, 3.8) is 0 Å². The molecule has 3 heteroatoms.